The topological polar surface area (TPSA) is 12.0 Å². The average molecular weight is 295 g/mol. The number of rotatable bonds is 6. The number of fused-ring (bicyclic) bond motifs is 1. The first-order chi connectivity index (χ1) is 10.0. The van der Waals surface area contributed by atoms with E-state index in [4.69, 9.17) is 0 Å². The Bertz CT molecular complexity index is 572. The molecular formula is C17H20F3N. The molecule has 0 aliphatic carbocycles. The number of hydrogen-bond donors (Lipinski definition) is 1. The van der Waals surface area contributed by atoms with Crippen molar-refractivity contribution in [2.24, 2.45) is 0 Å². The molecule has 0 saturated carbocycles. The van der Waals surface area contributed by atoms with Crippen LogP contribution < -0.4 is 5.32 Å². The molecule has 0 heterocycles. The van der Waals surface area contributed by atoms with Crippen LogP contribution in [0.2, 0.25) is 0 Å². The summed E-state index contributed by atoms with van der Waals surface area (Å²) in [7, 11) is 0. The van der Waals surface area contributed by atoms with E-state index in [0.717, 1.165) is 22.9 Å². The summed E-state index contributed by atoms with van der Waals surface area (Å²) in [6, 6.07) is 13.9. The lowest BCUT2D eigenvalue weighted by Gasteiger charge is -2.20. The monoisotopic (exact) mass is 295 g/mol. The van der Waals surface area contributed by atoms with Gasteiger partial charge in [-0.25, -0.2) is 0 Å². The van der Waals surface area contributed by atoms with Crippen LogP contribution in [0.4, 0.5) is 13.2 Å². The molecule has 1 N–H and O–H groups in total. The second kappa shape index (κ2) is 6.94. The highest BCUT2D eigenvalue weighted by molar-refractivity contribution is 5.86. The first-order valence-electron chi connectivity index (χ1n) is 7.29. The summed E-state index contributed by atoms with van der Waals surface area (Å²) in [5.41, 5.74) is 1.08. The van der Waals surface area contributed by atoms with Crippen molar-refractivity contribution in [3.8, 4) is 0 Å². The van der Waals surface area contributed by atoms with Crippen molar-refractivity contribution in [2.45, 2.75) is 38.4 Å². The van der Waals surface area contributed by atoms with Gasteiger partial charge < -0.3 is 5.32 Å². The predicted octanol–water partition coefficient (Wildman–Crippen LogP) is 5.22. The number of hydrogen-bond acceptors (Lipinski definition) is 1. The molecule has 0 radical (unpaired) electrons. The van der Waals surface area contributed by atoms with Crippen LogP contribution in [-0.4, -0.2) is 12.7 Å². The molecule has 0 bridgehead atoms. The standard InChI is InChI=1S/C17H20F3N/c1-2-21-16(11-6-12-17(18,19)20)15-10-5-8-13-7-3-4-9-14(13)15/h3-5,7-10,16,21H,2,6,11-12H2,1H3. The average Bonchev–Trinajstić information content (AvgIpc) is 2.44. The molecule has 2 aromatic carbocycles. The fraction of sp³-hybridized carbons (Fsp3) is 0.412. The van der Waals surface area contributed by atoms with Crippen LogP contribution in [0.25, 0.3) is 10.8 Å². The lowest BCUT2D eigenvalue weighted by atomic mass is 9.95. The number of alkyl halides is 3. The van der Waals surface area contributed by atoms with Crippen molar-refractivity contribution in [1.29, 1.82) is 0 Å². The summed E-state index contributed by atoms with van der Waals surface area (Å²) in [5.74, 6) is 0. The van der Waals surface area contributed by atoms with Crippen LogP contribution in [0.1, 0.15) is 37.8 Å². The van der Waals surface area contributed by atoms with Gasteiger partial charge in [-0.1, -0.05) is 49.4 Å². The van der Waals surface area contributed by atoms with Gasteiger partial charge in [0, 0.05) is 12.5 Å². The van der Waals surface area contributed by atoms with E-state index in [1.165, 1.54) is 0 Å². The molecule has 2 aromatic rings. The van der Waals surface area contributed by atoms with Crippen molar-refractivity contribution in [3.05, 3.63) is 48.0 Å². The Labute approximate surface area is 123 Å². The van der Waals surface area contributed by atoms with Crippen LogP contribution in [0.5, 0.6) is 0 Å². The van der Waals surface area contributed by atoms with Crippen LogP contribution >= 0.6 is 0 Å². The zero-order valence-corrected chi connectivity index (χ0v) is 12.1. The summed E-state index contributed by atoms with van der Waals surface area (Å²) in [6.45, 7) is 2.71. The predicted molar refractivity (Wildman–Crippen MR) is 80.3 cm³/mol. The highest BCUT2D eigenvalue weighted by Gasteiger charge is 2.27. The first-order valence-corrected chi connectivity index (χ1v) is 7.29. The van der Waals surface area contributed by atoms with Crippen LogP contribution in [0, 0.1) is 0 Å². The summed E-state index contributed by atoms with van der Waals surface area (Å²) in [5, 5.41) is 5.54. The van der Waals surface area contributed by atoms with Gasteiger partial charge in [0.2, 0.25) is 0 Å². The zero-order valence-electron chi connectivity index (χ0n) is 12.1. The van der Waals surface area contributed by atoms with Crippen LogP contribution in [-0.2, 0) is 0 Å². The molecule has 21 heavy (non-hydrogen) atoms. The van der Waals surface area contributed by atoms with Crippen LogP contribution in [0.3, 0.4) is 0 Å². The molecule has 0 aliphatic rings. The minimum atomic E-state index is -4.07. The van der Waals surface area contributed by atoms with Gasteiger partial charge in [0.25, 0.3) is 0 Å². The van der Waals surface area contributed by atoms with E-state index in [0.29, 0.717) is 6.42 Å². The minimum Gasteiger partial charge on any atom is -0.310 e. The maximum atomic E-state index is 12.3. The second-order valence-corrected chi connectivity index (χ2v) is 5.19. The Morgan fingerprint density at radius 2 is 1.76 bits per heavy atom. The van der Waals surface area contributed by atoms with E-state index in [2.05, 4.69) is 5.32 Å². The zero-order chi connectivity index (χ0) is 15.3. The molecule has 1 nitrogen and oxygen atoms in total. The Balaban J connectivity index is 2.20. The van der Waals surface area contributed by atoms with E-state index in [1.807, 2.05) is 49.4 Å². The maximum absolute atomic E-state index is 12.3. The molecule has 2 rings (SSSR count). The number of halogens is 3. The molecule has 1 atom stereocenters. The summed E-state index contributed by atoms with van der Waals surface area (Å²) >= 11 is 0. The molecule has 0 amide bonds. The van der Waals surface area contributed by atoms with Crippen molar-refractivity contribution < 1.29 is 13.2 Å². The molecular weight excluding hydrogens is 275 g/mol. The van der Waals surface area contributed by atoms with Crippen molar-refractivity contribution in [2.75, 3.05) is 6.54 Å². The SMILES string of the molecule is CCNC(CCCC(F)(F)F)c1cccc2ccccc12. The van der Waals surface area contributed by atoms with E-state index in [9.17, 15) is 13.2 Å². The van der Waals surface area contributed by atoms with Gasteiger partial charge in [-0.3, -0.25) is 0 Å². The maximum Gasteiger partial charge on any atom is 0.389 e. The lowest BCUT2D eigenvalue weighted by Crippen LogP contribution is -2.21. The van der Waals surface area contributed by atoms with Crippen LogP contribution in [0.15, 0.2) is 42.5 Å². The Kier molecular flexibility index (Phi) is 5.23. The molecule has 0 fully saturated rings. The highest BCUT2D eigenvalue weighted by atomic mass is 19.4. The van der Waals surface area contributed by atoms with E-state index < -0.39 is 12.6 Å². The van der Waals surface area contributed by atoms with E-state index in [1.54, 1.807) is 0 Å². The van der Waals surface area contributed by atoms with Gasteiger partial charge in [0.05, 0.1) is 0 Å². The molecule has 0 aromatic heterocycles. The Hall–Kier alpha value is -1.55. The first kappa shape index (κ1) is 15.8. The molecule has 0 aliphatic heterocycles. The van der Waals surface area contributed by atoms with Gasteiger partial charge in [0.1, 0.15) is 0 Å². The molecule has 0 spiro atoms. The largest absolute Gasteiger partial charge is 0.389 e. The van der Waals surface area contributed by atoms with Crippen molar-refractivity contribution >= 4 is 10.8 Å². The smallest absolute Gasteiger partial charge is 0.310 e. The Morgan fingerprint density at radius 3 is 2.48 bits per heavy atom. The van der Waals surface area contributed by atoms with Gasteiger partial charge in [-0.15, -0.1) is 0 Å². The molecule has 1 unspecified atom stereocenters. The Morgan fingerprint density at radius 1 is 1.05 bits per heavy atom. The van der Waals surface area contributed by atoms with Gasteiger partial charge in [-0.05, 0) is 35.7 Å². The third kappa shape index (κ3) is 4.46. The van der Waals surface area contributed by atoms with Crippen molar-refractivity contribution in [3.63, 3.8) is 0 Å². The minimum absolute atomic E-state index is 0.0385. The number of benzene rings is 2. The third-order valence-electron chi connectivity index (χ3n) is 3.60. The lowest BCUT2D eigenvalue weighted by molar-refractivity contribution is -0.135. The van der Waals surface area contributed by atoms with E-state index >= 15 is 0 Å². The van der Waals surface area contributed by atoms with Gasteiger partial charge in [0.15, 0.2) is 0 Å². The van der Waals surface area contributed by atoms with Gasteiger partial charge >= 0.3 is 6.18 Å². The fourth-order valence-corrected chi connectivity index (χ4v) is 2.67. The fourth-order valence-electron chi connectivity index (χ4n) is 2.67. The normalized spacial score (nSPS) is 13.5. The number of nitrogens with one attached hydrogen (secondary N) is 1. The summed E-state index contributed by atoms with van der Waals surface area (Å²) in [4.78, 5) is 0. The summed E-state index contributed by atoms with van der Waals surface area (Å²) in [6.07, 6.45) is -4.17. The quantitative estimate of drug-likeness (QED) is 0.770. The van der Waals surface area contributed by atoms with Gasteiger partial charge in [-0.2, -0.15) is 13.2 Å². The van der Waals surface area contributed by atoms with E-state index in [-0.39, 0.29) is 12.5 Å². The third-order valence-corrected chi connectivity index (χ3v) is 3.60. The summed E-state index contributed by atoms with van der Waals surface area (Å²) < 4.78 is 37.0. The molecule has 114 valence electrons. The highest BCUT2D eigenvalue weighted by Crippen LogP contribution is 2.30. The molecule has 0 saturated heterocycles. The molecule has 4 heteroatoms. The van der Waals surface area contributed by atoms with Crippen molar-refractivity contribution in [1.82, 2.24) is 5.32 Å². The second-order valence-electron chi connectivity index (χ2n) is 5.19.